The highest BCUT2D eigenvalue weighted by molar-refractivity contribution is 7.93. The van der Waals surface area contributed by atoms with Crippen LogP contribution in [0.4, 0.5) is 10.5 Å². The number of para-hydroxylation sites is 1. The van der Waals surface area contributed by atoms with Gasteiger partial charge in [0, 0.05) is 5.56 Å². The molecule has 0 saturated carbocycles. The second-order valence-electron chi connectivity index (χ2n) is 7.55. The topological polar surface area (TPSA) is 94.6 Å². The molecule has 3 aromatic rings. The summed E-state index contributed by atoms with van der Waals surface area (Å²) in [6, 6.07) is 12.8. The van der Waals surface area contributed by atoms with Crippen molar-refractivity contribution < 1.29 is 22.7 Å². The molecule has 158 valence electrons. The van der Waals surface area contributed by atoms with Gasteiger partial charge in [0.15, 0.2) is 0 Å². The maximum Gasteiger partial charge on any atom is 0.412 e. The number of sulfone groups is 1. The number of hydrogen-bond acceptors (Lipinski definition) is 7. The lowest BCUT2D eigenvalue weighted by molar-refractivity contribution is 0.0418. The van der Waals surface area contributed by atoms with Crippen molar-refractivity contribution in [1.29, 1.82) is 0 Å². The third-order valence-corrected chi connectivity index (χ3v) is 8.13. The van der Waals surface area contributed by atoms with Gasteiger partial charge in [-0.25, -0.2) is 18.2 Å². The first-order chi connectivity index (χ1) is 14.2. The van der Waals surface area contributed by atoms with Crippen LogP contribution in [-0.4, -0.2) is 31.9 Å². The van der Waals surface area contributed by atoms with Crippen molar-refractivity contribution in [2.24, 2.45) is 0 Å². The monoisotopic (exact) mass is 446 g/mol. The van der Waals surface area contributed by atoms with Gasteiger partial charge in [0.1, 0.15) is 11.4 Å². The number of ether oxygens (including phenoxy) is 2. The zero-order chi connectivity index (χ0) is 21.4. The maximum atomic E-state index is 12.6. The Morgan fingerprint density at radius 2 is 1.97 bits per heavy atom. The van der Waals surface area contributed by atoms with E-state index in [0.717, 1.165) is 10.3 Å². The molecule has 1 N–H and O–H groups in total. The second-order valence-corrected chi connectivity index (χ2v) is 10.9. The van der Waals surface area contributed by atoms with Gasteiger partial charge >= 0.3 is 6.09 Å². The lowest BCUT2D eigenvalue weighted by atomic mass is 9.94. The average Bonchev–Trinajstić information content (AvgIpc) is 3.13. The number of fused-ring (bicyclic) bond motifs is 2. The van der Waals surface area contributed by atoms with Crippen molar-refractivity contribution in [1.82, 2.24) is 4.98 Å². The van der Waals surface area contributed by atoms with Gasteiger partial charge in [-0.1, -0.05) is 12.1 Å². The summed E-state index contributed by atoms with van der Waals surface area (Å²) in [5.74, 6) is 0.684. The molecule has 0 unspecified atom stereocenters. The Labute approximate surface area is 179 Å². The van der Waals surface area contributed by atoms with Gasteiger partial charge in [-0.3, -0.25) is 5.32 Å². The molecule has 30 heavy (non-hydrogen) atoms. The maximum absolute atomic E-state index is 12.6. The Bertz CT molecular complexity index is 1170. The smallest absolute Gasteiger partial charge is 0.412 e. The van der Waals surface area contributed by atoms with E-state index in [0.29, 0.717) is 36.4 Å². The van der Waals surface area contributed by atoms with E-state index < -0.39 is 21.5 Å². The van der Waals surface area contributed by atoms with Gasteiger partial charge in [0.25, 0.3) is 0 Å². The lowest BCUT2D eigenvalue weighted by Crippen LogP contribution is -2.34. The summed E-state index contributed by atoms with van der Waals surface area (Å²) >= 11 is 1.21. The first-order valence-corrected chi connectivity index (χ1v) is 12.1. The van der Waals surface area contributed by atoms with Crippen molar-refractivity contribution in [3.05, 3.63) is 48.0 Å². The lowest BCUT2D eigenvalue weighted by Gasteiger charge is -2.32. The highest BCUT2D eigenvalue weighted by Crippen LogP contribution is 2.37. The van der Waals surface area contributed by atoms with Crippen LogP contribution in [0.2, 0.25) is 0 Å². The highest BCUT2D eigenvalue weighted by atomic mass is 32.2. The number of benzene rings is 2. The minimum atomic E-state index is -3.40. The fourth-order valence-electron chi connectivity index (χ4n) is 3.30. The summed E-state index contributed by atoms with van der Waals surface area (Å²) in [6.07, 6.45) is 0.599. The van der Waals surface area contributed by atoms with Gasteiger partial charge in [0.05, 0.1) is 28.3 Å². The van der Waals surface area contributed by atoms with E-state index in [1.807, 2.05) is 44.2 Å². The van der Waals surface area contributed by atoms with E-state index in [-0.39, 0.29) is 10.1 Å². The zero-order valence-corrected chi connectivity index (χ0v) is 18.3. The van der Waals surface area contributed by atoms with Crippen LogP contribution in [0.1, 0.15) is 32.3 Å². The second kappa shape index (κ2) is 7.88. The van der Waals surface area contributed by atoms with Crippen LogP contribution in [0, 0.1) is 0 Å². The van der Waals surface area contributed by atoms with Crippen LogP contribution in [-0.2, 0) is 20.2 Å². The average molecular weight is 447 g/mol. The van der Waals surface area contributed by atoms with E-state index in [2.05, 4.69) is 10.3 Å². The van der Waals surface area contributed by atoms with Gasteiger partial charge in [-0.15, -0.1) is 11.3 Å². The van der Waals surface area contributed by atoms with E-state index in [1.165, 1.54) is 11.3 Å². The number of carbonyl (C=O) groups excluding carboxylic acids is 1. The van der Waals surface area contributed by atoms with Crippen molar-refractivity contribution in [2.45, 2.75) is 36.6 Å². The molecule has 0 radical (unpaired) electrons. The number of anilines is 1. The molecular weight excluding hydrogens is 424 g/mol. The van der Waals surface area contributed by atoms with Gasteiger partial charge in [-0.2, -0.15) is 0 Å². The predicted molar refractivity (Wildman–Crippen MR) is 116 cm³/mol. The molecule has 1 aliphatic heterocycles. The normalized spacial score (nSPS) is 15.3. The van der Waals surface area contributed by atoms with E-state index in [4.69, 9.17) is 9.47 Å². The van der Waals surface area contributed by atoms with Crippen molar-refractivity contribution in [3.8, 4) is 5.75 Å². The molecule has 1 aliphatic rings. The van der Waals surface area contributed by atoms with Crippen molar-refractivity contribution in [2.75, 3.05) is 17.7 Å². The molecule has 0 atom stereocenters. The standard InChI is InChI=1S/C21H22N2O5S2/c1-21(2)15-13-14(9-10-16(15)22-19(24)28-21)27-11-5-6-12-30(25,26)20-23-17-7-3-4-8-18(17)29-20/h3-4,7-10,13H,5-6,11-12H2,1-2H3,(H,22,24). The third-order valence-electron chi connectivity index (χ3n) is 4.84. The predicted octanol–water partition coefficient (Wildman–Crippen LogP) is 4.73. The molecule has 0 bridgehead atoms. The Morgan fingerprint density at radius 3 is 2.77 bits per heavy atom. The number of carbonyl (C=O) groups is 1. The van der Waals surface area contributed by atoms with E-state index in [1.54, 1.807) is 12.1 Å². The highest BCUT2D eigenvalue weighted by Gasteiger charge is 2.33. The first kappa shape index (κ1) is 20.6. The third kappa shape index (κ3) is 4.27. The minimum Gasteiger partial charge on any atom is -0.494 e. The number of nitrogens with one attached hydrogen (secondary N) is 1. The van der Waals surface area contributed by atoms with Crippen molar-refractivity contribution >= 4 is 43.2 Å². The summed E-state index contributed by atoms with van der Waals surface area (Å²) < 4.78 is 37.3. The molecule has 1 amide bonds. The summed E-state index contributed by atoms with van der Waals surface area (Å²) in [4.78, 5) is 15.8. The molecular formula is C21H22N2O5S2. The summed E-state index contributed by atoms with van der Waals surface area (Å²) in [5, 5.41) is 2.67. The molecule has 4 rings (SSSR count). The molecule has 0 fully saturated rings. The largest absolute Gasteiger partial charge is 0.494 e. The van der Waals surface area contributed by atoms with Crippen molar-refractivity contribution in [3.63, 3.8) is 0 Å². The van der Waals surface area contributed by atoms with Crippen LogP contribution in [0.25, 0.3) is 10.2 Å². The summed E-state index contributed by atoms with van der Waals surface area (Å²) in [6.45, 7) is 4.03. The summed E-state index contributed by atoms with van der Waals surface area (Å²) in [7, 11) is -3.40. The number of thiazole rings is 1. The van der Waals surface area contributed by atoms with Crippen LogP contribution in [0.5, 0.6) is 5.75 Å². The Balaban J connectivity index is 1.32. The fraction of sp³-hybridized carbons (Fsp3) is 0.333. The molecule has 1 aromatic heterocycles. The van der Waals surface area contributed by atoms with Crippen LogP contribution >= 0.6 is 11.3 Å². The van der Waals surface area contributed by atoms with Crippen LogP contribution in [0.3, 0.4) is 0 Å². The quantitative estimate of drug-likeness (QED) is 0.528. The number of unbranched alkanes of at least 4 members (excludes halogenated alkanes) is 1. The number of cyclic esters (lactones) is 1. The van der Waals surface area contributed by atoms with Gasteiger partial charge < -0.3 is 9.47 Å². The number of nitrogens with zero attached hydrogens (tertiary/aromatic N) is 1. The molecule has 0 spiro atoms. The Kier molecular flexibility index (Phi) is 5.42. The summed E-state index contributed by atoms with van der Waals surface area (Å²) in [5.41, 5.74) is 1.49. The molecule has 0 aliphatic carbocycles. The van der Waals surface area contributed by atoms with E-state index >= 15 is 0 Å². The number of amides is 1. The van der Waals surface area contributed by atoms with Gasteiger partial charge in [0.2, 0.25) is 14.2 Å². The Hall–Kier alpha value is -2.65. The van der Waals surface area contributed by atoms with E-state index in [9.17, 15) is 13.2 Å². The van der Waals surface area contributed by atoms with Crippen LogP contribution in [0.15, 0.2) is 46.8 Å². The SMILES string of the molecule is CC1(C)OC(=O)Nc2ccc(OCCCCS(=O)(=O)c3nc4ccccc4s3)cc21. The number of rotatable bonds is 7. The van der Waals surface area contributed by atoms with Crippen LogP contribution < -0.4 is 10.1 Å². The Morgan fingerprint density at radius 1 is 1.17 bits per heavy atom. The molecule has 2 aromatic carbocycles. The molecule has 2 heterocycles. The first-order valence-electron chi connectivity index (χ1n) is 9.60. The minimum absolute atomic E-state index is 0.0350. The zero-order valence-electron chi connectivity index (χ0n) is 16.7. The molecule has 0 saturated heterocycles. The number of aromatic nitrogens is 1. The molecule has 9 heteroatoms. The fourth-order valence-corrected chi connectivity index (χ4v) is 6.02. The molecule has 7 nitrogen and oxygen atoms in total. The van der Waals surface area contributed by atoms with Gasteiger partial charge in [-0.05, 0) is 57.0 Å². The number of hydrogen-bond donors (Lipinski definition) is 1.